The van der Waals surface area contributed by atoms with Gasteiger partial charge in [0.15, 0.2) is 5.13 Å². The van der Waals surface area contributed by atoms with Crippen molar-refractivity contribution in [2.45, 2.75) is 31.8 Å². The SMILES string of the molecule is CC12CCC(=O)N1c1ccccc1C(=O)N2CC(=O)Nc1nc(-c2ccc3c(c2)CCO3)cs1. The molecule has 1 aromatic heterocycles. The summed E-state index contributed by atoms with van der Waals surface area (Å²) in [5.41, 5.74) is 3.07. The molecule has 172 valence electrons. The molecule has 3 aliphatic heterocycles. The van der Waals surface area contributed by atoms with Crippen molar-refractivity contribution in [1.29, 1.82) is 0 Å². The van der Waals surface area contributed by atoms with Gasteiger partial charge in [-0.05, 0) is 49.2 Å². The first-order valence-corrected chi connectivity index (χ1v) is 12.1. The Morgan fingerprint density at radius 3 is 2.94 bits per heavy atom. The van der Waals surface area contributed by atoms with Crippen LogP contribution in [0.1, 0.15) is 35.7 Å². The summed E-state index contributed by atoms with van der Waals surface area (Å²) < 4.78 is 5.56. The van der Waals surface area contributed by atoms with Gasteiger partial charge in [0.25, 0.3) is 5.91 Å². The maximum atomic E-state index is 13.3. The predicted octanol–water partition coefficient (Wildman–Crippen LogP) is 3.68. The molecule has 1 atom stereocenters. The highest BCUT2D eigenvalue weighted by Gasteiger charge is 2.53. The van der Waals surface area contributed by atoms with Gasteiger partial charge in [0.1, 0.15) is 18.0 Å². The lowest BCUT2D eigenvalue weighted by molar-refractivity contribution is -0.120. The molecular formula is C25H22N4O4S. The molecule has 1 N–H and O–H groups in total. The van der Waals surface area contributed by atoms with Crippen LogP contribution in [0.3, 0.4) is 0 Å². The first kappa shape index (κ1) is 20.9. The predicted molar refractivity (Wildman–Crippen MR) is 128 cm³/mol. The molecule has 0 radical (unpaired) electrons. The van der Waals surface area contributed by atoms with E-state index in [0.717, 1.165) is 29.0 Å². The topological polar surface area (TPSA) is 91.8 Å². The van der Waals surface area contributed by atoms with Crippen molar-refractivity contribution in [3.63, 3.8) is 0 Å². The maximum absolute atomic E-state index is 13.3. The van der Waals surface area contributed by atoms with E-state index in [2.05, 4.69) is 16.4 Å². The van der Waals surface area contributed by atoms with E-state index < -0.39 is 5.66 Å². The number of aromatic nitrogens is 1. The lowest BCUT2D eigenvalue weighted by Crippen LogP contribution is -2.63. The molecule has 6 rings (SSSR count). The molecule has 0 spiro atoms. The zero-order valence-corrected chi connectivity index (χ0v) is 19.4. The number of rotatable bonds is 4. The van der Waals surface area contributed by atoms with Gasteiger partial charge < -0.3 is 15.0 Å². The zero-order chi connectivity index (χ0) is 23.4. The lowest BCUT2D eigenvalue weighted by atomic mass is 9.98. The van der Waals surface area contributed by atoms with Crippen LogP contribution < -0.4 is 15.0 Å². The summed E-state index contributed by atoms with van der Waals surface area (Å²) in [6.07, 6.45) is 1.68. The van der Waals surface area contributed by atoms with E-state index in [4.69, 9.17) is 4.74 Å². The third kappa shape index (κ3) is 3.19. The normalized spacial score (nSPS) is 20.6. The van der Waals surface area contributed by atoms with E-state index in [1.807, 2.05) is 30.5 Å². The number of thiazole rings is 1. The van der Waals surface area contributed by atoms with Crippen LogP contribution in [0.4, 0.5) is 10.8 Å². The number of ether oxygens (including phenoxy) is 1. The average Bonchev–Trinajstić information content (AvgIpc) is 3.56. The van der Waals surface area contributed by atoms with E-state index in [9.17, 15) is 14.4 Å². The van der Waals surface area contributed by atoms with Gasteiger partial charge in [-0.2, -0.15) is 0 Å². The molecule has 1 fully saturated rings. The Morgan fingerprint density at radius 1 is 1.21 bits per heavy atom. The van der Waals surface area contributed by atoms with Crippen LogP contribution >= 0.6 is 11.3 Å². The fourth-order valence-electron chi connectivity index (χ4n) is 5.05. The van der Waals surface area contributed by atoms with Crippen molar-refractivity contribution >= 4 is 39.9 Å². The number of hydrogen-bond donors (Lipinski definition) is 1. The second-order valence-electron chi connectivity index (χ2n) is 8.86. The van der Waals surface area contributed by atoms with Crippen molar-refractivity contribution < 1.29 is 19.1 Å². The van der Waals surface area contributed by atoms with Gasteiger partial charge in [-0.25, -0.2) is 4.98 Å². The minimum Gasteiger partial charge on any atom is -0.493 e. The van der Waals surface area contributed by atoms with Gasteiger partial charge in [-0.15, -0.1) is 11.3 Å². The average molecular weight is 475 g/mol. The van der Waals surface area contributed by atoms with Gasteiger partial charge in [-0.3, -0.25) is 19.3 Å². The van der Waals surface area contributed by atoms with E-state index >= 15 is 0 Å². The summed E-state index contributed by atoms with van der Waals surface area (Å²) in [5.74, 6) is 0.265. The van der Waals surface area contributed by atoms with Crippen molar-refractivity contribution in [3.05, 3.63) is 59.0 Å². The largest absolute Gasteiger partial charge is 0.493 e. The standard InChI is InChI=1S/C25H22N4O4S/c1-25-10-8-22(31)29(25)19-5-3-2-4-17(19)23(32)28(25)13-21(30)27-24-26-18(14-34-24)15-6-7-20-16(12-15)9-11-33-20/h2-7,12,14H,8-11,13H2,1H3,(H,26,27,30). The number of fused-ring (bicyclic) bond motifs is 4. The lowest BCUT2D eigenvalue weighted by Gasteiger charge is -2.48. The highest BCUT2D eigenvalue weighted by molar-refractivity contribution is 7.14. The molecule has 9 heteroatoms. The fraction of sp³-hybridized carbons (Fsp3) is 0.280. The van der Waals surface area contributed by atoms with Gasteiger partial charge in [-0.1, -0.05) is 12.1 Å². The zero-order valence-electron chi connectivity index (χ0n) is 18.5. The summed E-state index contributed by atoms with van der Waals surface area (Å²) in [5, 5.41) is 5.19. The van der Waals surface area contributed by atoms with Gasteiger partial charge >= 0.3 is 0 Å². The van der Waals surface area contributed by atoms with E-state index in [-0.39, 0.29) is 24.3 Å². The Hall–Kier alpha value is -3.72. The molecule has 1 saturated heterocycles. The number of para-hydroxylation sites is 1. The van der Waals surface area contributed by atoms with E-state index in [1.54, 1.807) is 23.1 Å². The summed E-state index contributed by atoms with van der Waals surface area (Å²) in [4.78, 5) is 46.7. The summed E-state index contributed by atoms with van der Waals surface area (Å²) in [6, 6.07) is 13.0. The van der Waals surface area contributed by atoms with Gasteiger partial charge in [0.2, 0.25) is 11.8 Å². The van der Waals surface area contributed by atoms with Crippen molar-refractivity contribution in [3.8, 4) is 17.0 Å². The molecule has 8 nitrogen and oxygen atoms in total. The van der Waals surface area contributed by atoms with Crippen LogP contribution in [-0.2, 0) is 16.0 Å². The molecule has 0 bridgehead atoms. The fourth-order valence-corrected chi connectivity index (χ4v) is 5.79. The Labute approximate surface area is 200 Å². The number of benzene rings is 2. The molecule has 34 heavy (non-hydrogen) atoms. The van der Waals surface area contributed by atoms with Crippen molar-refractivity contribution in [2.24, 2.45) is 0 Å². The van der Waals surface area contributed by atoms with Crippen LogP contribution in [0, 0.1) is 0 Å². The highest BCUT2D eigenvalue weighted by Crippen LogP contribution is 2.44. The molecule has 4 heterocycles. The van der Waals surface area contributed by atoms with Crippen LogP contribution in [0.25, 0.3) is 11.3 Å². The number of carbonyl (C=O) groups is 3. The van der Waals surface area contributed by atoms with Crippen LogP contribution in [-0.4, -0.2) is 46.4 Å². The molecule has 0 aliphatic carbocycles. The Bertz CT molecular complexity index is 1350. The summed E-state index contributed by atoms with van der Waals surface area (Å²) >= 11 is 1.33. The summed E-state index contributed by atoms with van der Waals surface area (Å²) in [6.45, 7) is 2.37. The quantitative estimate of drug-likeness (QED) is 0.623. The number of hydrogen-bond acceptors (Lipinski definition) is 6. The number of carbonyl (C=O) groups excluding carboxylic acids is 3. The van der Waals surface area contributed by atoms with E-state index in [0.29, 0.717) is 35.8 Å². The molecule has 0 saturated carbocycles. The second kappa shape index (κ2) is 7.66. The van der Waals surface area contributed by atoms with Crippen molar-refractivity contribution in [2.75, 3.05) is 23.4 Å². The van der Waals surface area contributed by atoms with Crippen LogP contribution in [0.5, 0.6) is 5.75 Å². The Balaban J connectivity index is 1.22. The minimum atomic E-state index is -0.875. The van der Waals surface area contributed by atoms with Crippen LogP contribution in [0.2, 0.25) is 0 Å². The number of nitrogens with zero attached hydrogens (tertiary/aromatic N) is 3. The first-order valence-electron chi connectivity index (χ1n) is 11.2. The summed E-state index contributed by atoms with van der Waals surface area (Å²) in [7, 11) is 0. The monoisotopic (exact) mass is 474 g/mol. The highest BCUT2D eigenvalue weighted by atomic mass is 32.1. The van der Waals surface area contributed by atoms with E-state index in [1.165, 1.54) is 16.2 Å². The molecule has 1 unspecified atom stereocenters. The molecular weight excluding hydrogens is 452 g/mol. The number of nitrogens with one attached hydrogen (secondary N) is 1. The van der Waals surface area contributed by atoms with Gasteiger partial charge in [0.05, 0.1) is 23.6 Å². The molecule has 3 amide bonds. The molecule has 3 aromatic rings. The number of anilines is 2. The van der Waals surface area contributed by atoms with Crippen molar-refractivity contribution in [1.82, 2.24) is 9.88 Å². The smallest absolute Gasteiger partial charge is 0.258 e. The molecule has 2 aromatic carbocycles. The minimum absolute atomic E-state index is 0.0443. The molecule has 3 aliphatic rings. The first-order chi connectivity index (χ1) is 16.4. The Kier molecular flexibility index (Phi) is 4.70. The van der Waals surface area contributed by atoms with Gasteiger partial charge in [0, 0.05) is 23.8 Å². The third-order valence-corrected chi connectivity index (χ3v) is 7.54. The third-order valence-electron chi connectivity index (χ3n) is 6.78. The van der Waals surface area contributed by atoms with Crippen LogP contribution in [0.15, 0.2) is 47.8 Å². The second-order valence-corrected chi connectivity index (χ2v) is 9.72. The number of amides is 3. The maximum Gasteiger partial charge on any atom is 0.258 e. The Morgan fingerprint density at radius 2 is 2.06 bits per heavy atom.